The van der Waals surface area contributed by atoms with Gasteiger partial charge in [0.1, 0.15) is 5.82 Å². The zero-order valence-electron chi connectivity index (χ0n) is 12.5. The van der Waals surface area contributed by atoms with Crippen molar-refractivity contribution < 1.29 is 4.79 Å². The number of rotatable bonds is 3. The monoisotopic (exact) mass is 346 g/mol. The molecular formula is C15H24Cl2N4O. The van der Waals surface area contributed by atoms with Gasteiger partial charge in [-0.1, -0.05) is 6.07 Å². The first kappa shape index (κ1) is 19.0. The van der Waals surface area contributed by atoms with Gasteiger partial charge in [-0.05, 0) is 37.9 Å². The molecule has 1 amide bonds. The quantitative estimate of drug-likeness (QED) is 0.873. The highest BCUT2D eigenvalue weighted by Crippen LogP contribution is 2.18. The average molecular weight is 347 g/mol. The molecule has 0 aromatic carbocycles. The second-order valence-corrected chi connectivity index (χ2v) is 5.65. The van der Waals surface area contributed by atoms with E-state index in [0.29, 0.717) is 6.04 Å². The summed E-state index contributed by atoms with van der Waals surface area (Å²) in [5, 5.41) is 6.45. The minimum Gasteiger partial charge on any atom is -0.356 e. The van der Waals surface area contributed by atoms with E-state index in [9.17, 15) is 4.79 Å². The summed E-state index contributed by atoms with van der Waals surface area (Å²) in [7, 11) is 0. The molecule has 124 valence electrons. The second-order valence-electron chi connectivity index (χ2n) is 5.65. The summed E-state index contributed by atoms with van der Waals surface area (Å²) in [4.78, 5) is 18.8. The van der Waals surface area contributed by atoms with E-state index in [0.717, 1.165) is 51.3 Å². The molecule has 2 N–H and O–H groups in total. The van der Waals surface area contributed by atoms with E-state index < -0.39 is 0 Å². The predicted octanol–water partition coefficient (Wildman–Crippen LogP) is 1.62. The lowest BCUT2D eigenvalue weighted by atomic mass is 10.0. The molecule has 5 nitrogen and oxygen atoms in total. The number of nitrogens with zero attached hydrogens (tertiary/aromatic N) is 2. The number of hydrogen-bond donors (Lipinski definition) is 2. The van der Waals surface area contributed by atoms with Gasteiger partial charge in [0.05, 0.1) is 5.92 Å². The van der Waals surface area contributed by atoms with Crippen LogP contribution in [-0.2, 0) is 4.79 Å². The molecule has 2 fully saturated rings. The number of anilines is 1. The van der Waals surface area contributed by atoms with Gasteiger partial charge < -0.3 is 15.5 Å². The van der Waals surface area contributed by atoms with Crippen molar-refractivity contribution in [2.45, 2.75) is 25.3 Å². The summed E-state index contributed by atoms with van der Waals surface area (Å²) in [6, 6.07) is 6.32. The zero-order chi connectivity index (χ0) is 13.8. The average Bonchev–Trinajstić information content (AvgIpc) is 3.03. The Balaban J connectivity index is 0.00000121. The van der Waals surface area contributed by atoms with Crippen LogP contribution in [0.3, 0.4) is 0 Å². The number of amides is 1. The first-order valence-electron chi connectivity index (χ1n) is 7.50. The number of nitrogens with one attached hydrogen (secondary N) is 2. The number of aromatic nitrogens is 1. The molecule has 1 aromatic rings. The normalized spacial score (nSPS) is 21.6. The Morgan fingerprint density at radius 3 is 2.59 bits per heavy atom. The molecule has 0 aliphatic carbocycles. The van der Waals surface area contributed by atoms with Crippen LogP contribution in [0.1, 0.15) is 19.3 Å². The van der Waals surface area contributed by atoms with Crippen LogP contribution in [-0.4, -0.2) is 43.1 Å². The van der Waals surface area contributed by atoms with Gasteiger partial charge in [-0.15, -0.1) is 24.8 Å². The van der Waals surface area contributed by atoms with E-state index >= 15 is 0 Å². The number of hydrogen-bond acceptors (Lipinski definition) is 4. The molecule has 22 heavy (non-hydrogen) atoms. The molecule has 3 rings (SSSR count). The van der Waals surface area contributed by atoms with Gasteiger partial charge in [0.2, 0.25) is 5.91 Å². The summed E-state index contributed by atoms with van der Waals surface area (Å²) in [5.41, 5.74) is 0. The lowest BCUT2D eigenvalue weighted by Crippen LogP contribution is -2.46. The maximum absolute atomic E-state index is 12.1. The predicted molar refractivity (Wildman–Crippen MR) is 93.1 cm³/mol. The number of carbonyl (C=O) groups excluding carboxylic acids is 1. The van der Waals surface area contributed by atoms with Gasteiger partial charge in [-0.2, -0.15) is 0 Å². The van der Waals surface area contributed by atoms with Crippen molar-refractivity contribution in [2.24, 2.45) is 5.92 Å². The Kier molecular flexibility index (Phi) is 7.93. The highest BCUT2D eigenvalue weighted by Gasteiger charge is 2.26. The fourth-order valence-electron chi connectivity index (χ4n) is 2.99. The third kappa shape index (κ3) is 4.73. The van der Waals surface area contributed by atoms with Gasteiger partial charge >= 0.3 is 0 Å². The number of carbonyl (C=O) groups is 1. The Morgan fingerprint density at radius 1 is 1.23 bits per heavy atom. The van der Waals surface area contributed by atoms with Crippen LogP contribution in [0, 0.1) is 5.92 Å². The van der Waals surface area contributed by atoms with Crippen LogP contribution in [0.5, 0.6) is 0 Å². The maximum Gasteiger partial charge on any atom is 0.224 e. The van der Waals surface area contributed by atoms with Crippen LogP contribution >= 0.6 is 24.8 Å². The van der Waals surface area contributed by atoms with Gasteiger partial charge in [-0.3, -0.25) is 4.79 Å². The van der Waals surface area contributed by atoms with Crippen molar-refractivity contribution in [3.8, 4) is 0 Å². The Hall–Kier alpha value is -1.04. The largest absolute Gasteiger partial charge is 0.356 e. The third-order valence-electron chi connectivity index (χ3n) is 4.25. The summed E-state index contributed by atoms with van der Waals surface area (Å²) in [6.45, 7) is 3.73. The number of halogens is 2. The zero-order valence-corrected chi connectivity index (χ0v) is 14.2. The summed E-state index contributed by atoms with van der Waals surface area (Å²) >= 11 is 0. The summed E-state index contributed by atoms with van der Waals surface area (Å²) in [5.74, 6) is 1.44. The molecule has 2 aliphatic rings. The van der Waals surface area contributed by atoms with Gasteiger partial charge in [0.25, 0.3) is 0 Å². The van der Waals surface area contributed by atoms with Crippen molar-refractivity contribution in [3.63, 3.8) is 0 Å². The molecule has 0 radical (unpaired) electrons. The molecule has 0 saturated carbocycles. The smallest absolute Gasteiger partial charge is 0.224 e. The van der Waals surface area contributed by atoms with Crippen molar-refractivity contribution >= 4 is 36.5 Å². The van der Waals surface area contributed by atoms with Crippen LogP contribution in [0.25, 0.3) is 0 Å². The highest BCUT2D eigenvalue weighted by molar-refractivity contribution is 5.85. The molecule has 2 aliphatic heterocycles. The Morgan fingerprint density at radius 2 is 2.00 bits per heavy atom. The second kappa shape index (κ2) is 9.18. The SMILES string of the molecule is Cl.Cl.O=C(NC1CCN(c2ccccn2)CC1)C1CCNC1. The van der Waals surface area contributed by atoms with Gasteiger partial charge in [0.15, 0.2) is 0 Å². The fourth-order valence-corrected chi connectivity index (χ4v) is 2.99. The first-order chi connectivity index (χ1) is 9.83. The van der Waals surface area contributed by atoms with E-state index in [1.807, 2.05) is 24.4 Å². The molecule has 1 aromatic heterocycles. The van der Waals surface area contributed by atoms with E-state index in [1.54, 1.807) is 0 Å². The first-order valence-corrected chi connectivity index (χ1v) is 7.50. The highest BCUT2D eigenvalue weighted by atomic mass is 35.5. The van der Waals surface area contributed by atoms with Crippen molar-refractivity contribution in [1.82, 2.24) is 15.6 Å². The van der Waals surface area contributed by atoms with Crippen LogP contribution < -0.4 is 15.5 Å². The van der Waals surface area contributed by atoms with E-state index in [-0.39, 0.29) is 36.6 Å². The maximum atomic E-state index is 12.1. The minimum absolute atomic E-state index is 0. The third-order valence-corrected chi connectivity index (χ3v) is 4.25. The summed E-state index contributed by atoms with van der Waals surface area (Å²) < 4.78 is 0. The molecule has 7 heteroatoms. The molecule has 0 spiro atoms. The molecule has 1 unspecified atom stereocenters. The number of pyridine rings is 1. The summed E-state index contributed by atoms with van der Waals surface area (Å²) in [6.07, 6.45) is 4.81. The van der Waals surface area contributed by atoms with Gasteiger partial charge in [0, 0.05) is 31.9 Å². The Bertz CT molecular complexity index is 446. The van der Waals surface area contributed by atoms with Crippen LogP contribution in [0.15, 0.2) is 24.4 Å². The van der Waals surface area contributed by atoms with Crippen molar-refractivity contribution in [1.29, 1.82) is 0 Å². The van der Waals surface area contributed by atoms with Gasteiger partial charge in [-0.25, -0.2) is 4.98 Å². The van der Waals surface area contributed by atoms with Crippen molar-refractivity contribution in [2.75, 3.05) is 31.1 Å². The molecule has 0 bridgehead atoms. The topological polar surface area (TPSA) is 57.3 Å². The standard InChI is InChI=1S/C15H22N4O.2ClH/c20-15(12-4-8-16-11-12)18-13-5-9-19(10-6-13)14-3-1-2-7-17-14;;/h1-3,7,12-13,16H,4-6,8-11H2,(H,18,20);2*1H. The molecule has 2 saturated heterocycles. The van der Waals surface area contributed by atoms with Crippen LogP contribution in [0.4, 0.5) is 5.82 Å². The Labute approximate surface area is 144 Å². The number of piperidine rings is 1. The van der Waals surface area contributed by atoms with E-state index in [4.69, 9.17) is 0 Å². The molecule has 1 atom stereocenters. The fraction of sp³-hybridized carbons (Fsp3) is 0.600. The lowest BCUT2D eigenvalue weighted by molar-refractivity contribution is -0.125. The van der Waals surface area contributed by atoms with E-state index in [1.165, 1.54) is 0 Å². The lowest BCUT2D eigenvalue weighted by Gasteiger charge is -2.33. The van der Waals surface area contributed by atoms with E-state index in [2.05, 4.69) is 20.5 Å². The van der Waals surface area contributed by atoms with Crippen molar-refractivity contribution in [3.05, 3.63) is 24.4 Å². The molecule has 3 heterocycles. The van der Waals surface area contributed by atoms with Crippen LogP contribution in [0.2, 0.25) is 0 Å². The minimum atomic E-state index is 0. The molecular weight excluding hydrogens is 323 g/mol.